The lowest BCUT2D eigenvalue weighted by atomic mass is 8.68. The SMILES string of the molecule is [B][B]B([B])B(B([B])[B])c1c(C)c(C)c(B([B])B([B])[B])c2c(-c3c4c(C)c(C)c(C)c(C)c4c(C)c4c(-c5c(C)c(C)c(C)c(C)c5C)c(C)c(C)c(C)c34)c(B([B])[B])c([B][B])c([B])c12. The van der Waals surface area contributed by atoms with E-state index in [1.807, 2.05) is 13.8 Å². The third kappa shape index (κ3) is 7.39. The van der Waals surface area contributed by atoms with E-state index in [0.717, 1.165) is 60.4 Å². The molecule has 6 rings (SSSR count). The zero-order chi connectivity index (χ0) is 48.2. The molecule has 0 heterocycles. The van der Waals surface area contributed by atoms with Crippen LogP contribution in [0.4, 0.5) is 0 Å². The Morgan fingerprint density at radius 2 is 0.750 bits per heavy atom. The van der Waals surface area contributed by atoms with Crippen molar-refractivity contribution >= 4 is 198 Å². The van der Waals surface area contributed by atoms with Crippen molar-refractivity contribution in [2.75, 3.05) is 0 Å². The van der Waals surface area contributed by atoms with Crippen molar-refractivity contribution in [3.8, 4) is 22.3 Å². The zero-order valence-corrected chi connectivity index (χ0v) is 41.0. The molecule has 0 unspecified atom stereocenters. The van der Waals surface area contributed by atoms with Crippen LogP contribution in [0.15, 0.2) is 0 Å². The molecule has 6 aromatic rings. The van der Waals surface area contributed by atoms with Crippen molar-refractivity contribution in [2.24, 2.45) is 0 Å². The quantitative estimate of drug-likeness (QED) is 0.147. The number of rotatable bonds is 10. The van der Waals surface area contributed by atoms with Crippen molar-refractivity contribution in [1.29, 1.82) is 0 Å². The van der Waals surface area contributed by atoms with Crippen molar-refractivity contribution in [2.45, 2.75) is 104 Å². The van der Waals surface area contributed by atoms with Crippen molar-refractivity contribution in [1.82, 2.24) is 0 Å². The van der Waals surface area contributed by atoms with E-state index >= 15 is 0 Å². The second-order valence-corrected chi connectivity index (χ2v) is 18.9. The molecule has 0 saturated carbocycles. The monoisotopic (exact) mass is 795 g/mol. The number of aryl methyl sites for hydroxylation is 4. The zero-order valence-electron chi connectivity index (χ0n) is 41.0. The molecule has 0 nitrogen and oxygen atoms in total. The van der Waals surface area contributed by atoms with Crippen LogP contribution >= 0.6 is 0 Å². The number of hydrogen-bond donors (Lipinski definition) is 0. The van der Waals surface area contributed by atoms with E-state index < -0.39 is 38.6 Å². The molecule has 0 aliphatic carbocycles. The van der Waals surface area contributed by atoms with Gasteiger partial charge >= 0.3 is 0 Å². The summed E-state index contributed by atoms with van der Waals surface area (Å²) in [5.41, 5.74) is 24.3. The van der Waals surface area contributed by atoms with Gasteiger partial charge in [0, 0.05) is 104 Å². The van der Waals surface area contributed by atoms with Crippen LogP contribution in [0.25, 0.3) is 54.6 Å². The highest BCUT2D eigenvalue weighted by atomic mass is 14.3. The average molecular weight is 791 g/mol. The average Bonchev–Trinajstić information content (AvgIpc) is 3.24. The second kappa shape index (κ2) is 18.4. The predicted molar refractivity (Wildman–Crippen MR) is 308 cm³/mol. The van der Waals surface area contributed by atoms with E-state index in [2.05, 4.69) is 90.0 Å². The van der Waals surface area contributed by atoms with Gasteiger partial charge in [-0.05, 0) is 231 Å². The highest BCUT2D eigenvalue weighted by molar-refractivity contribution is 7.87. The summed E-state index contributed by atoms with van der Waals surface area (Å²) in [6, 6.07) is 0. The lowest BCUT2D eigenvalue weighted by molar-refractivity contribution is 1.17. The summed E-state index contributed by atoms with van der Waals surface area (Å²) < 4.78 is 0. The first-order valence-electron chi connectivity index (χ1n) is 22.4. The molecule has 0 atom stereocenters. The van der Waals surface area contributed by atoms with Crippen LogP contribution in [0.3, 0.4) is 0 Å². The highest BCUT2D eigenvalue weighted by Gasteiger charge is 2.36. The van der Waals surface area contributed by atoms with Crippen LogP contribution in [0.5, 0.6) is 0 Å². The molecule has 64 heavy (non-hydrogen) atoms. The Bertz CT molecular complexity index is 2920. The number of hydrogen-bond acceptors (Lipinski definition) is 0. The van der Waals surface area contributed by atoms with Crippen LogP contribution in [0.1, 0.15) is 83.5 Å². The lowest BCUT2D eigenvalue weighted by Gasteiger charge is -2.36. The maximum Gasteiger partial charge on any atom is 0.113 e. The summed E-state index contributed by atoms with van der Waals surface area (Å²) in [6.07, 6.45) is -2.68. The van der Waals surface area contributed by atoms with Gasteiger partial charge in [-0.15, -0.1) is 5.46 Å². The molecule has 0 bridgehead atoms. The van der Waals surface area contributed by atoms with Crippen LogP contribution < -0.4 is 27.3 Å². The van der Waals surface area contributed by atoms with Crippen molar-refractivity contribution < 1.29 is 0 Å². The summed E-state index contributed by atoms with van der Waals surface area (Å²) >= 11 is 0. The van der Waals surface area contributed by atoms with Gasteiger partial charge in [-0.2, -0.15) is 0 Å². The smallest absolute Gasteiger partial charge is 0.111 e. The third-order valence-corrected chi connectivity index (χ3v) is 16.0. The van der Waals surface area contributed by atoms with Gasteiger partial charge in [0.1, 0.15) is 7.85 Å². The van der Waals surface area contributed by atoms with E-state index in [1.54, 1.807) is 0 Å². The van der Waals surface area contributed by atoms with E-state index in [1.165, 1.54) is 86.6 Å². The summed E-state index contributed by atoms with van der Waals surface area (Å²) in [5, 5.41) is 5.74. The van der Waals surface area contributed by atoms with E-state index in [0.29, 0.717) is 32.6 Å². The highest BCUT2D eigenvalue weighted by Crippen LogP contribution is 2.51. The van der Waals surface area contributed by atoms with Gasteiger partial charge in [0.05, 0.1) is 26.7 Å². The molecule has 0 spiro atoms. The molecule has 19 heteroatoms. The molecule has 282 valence electrons. The Kier molecular flexibility index (Phi) is 14.6. The van der Waals surface area contributed by atoms with Crippen molar-refractivity contribution in [3.63, 3.8) is 0 Å². The Hall–Kier alpha value is -2.67. The standard InChI is InChI=1S/C45H45B19/c1-16-17(2)22(7)31(23(8)18(16)3)33-26(11)21(6)27(12)35-36(33)30(15)32-24(9)19(4)20(5)25(10)34(32)37(35)38-39-40(41(46)42(57-47)45(38)59(49)50)44(61(63(54)55)64(56)58-48)29(14)28(13)43(39)60(51)62(52)53/h1-15H3. The first-order valence-corrected chi connectivity index (χ1v) is 22.4. The molecule has 6 aromatic carbocycles. The molecule has 0 N–H and O–H groups in total. The summed E-state index contributed by atoms with van der Waals surface area (Å²) in [4.78, 5) is 0. The van der Waals surface area contributed by atoms with Crippen LogP contribution in [0.2, 0.25) is 0 Å². The van der Waals surface area contributed by atoms with Gasteiger partial charge in [-0.1, -0.05) is 33.0 Å². The fourth-order valence-electron chi connectivity index (χ4n) is 11.3. The van der Waals surface area contributed by atoms with Crippen LogP contribution in [-0.2, 0) is 0 Å². The maximum absolute atomic E-state index is 7.47. The minimum absolute atomic E-state index is 0.325. The van der Waals surface area contributed by atoms with Crippen LogP contribution in [-0.4, -0.2) is 138 Å². The molecular formula is C45H45B19. The Balaban J connectivity index is 2.22. The number of benzene rings is 6. The third-order valence-electron chi connectivity index (χ3n) is 16.0. The van der Waals surface area contributed by atoms with Gasteiger partial charge in [0.25, 0.3) is 0 Å². The molecule has 0 aliphatic rings. The lowest BCUT2D eigenvalue weighted by Crippen LogP contribution is -2.64. The topological polar surface area (TPSA) is 0 Å². The largest absolute Gasteiger partial charge is 0.113 e. The van der Waals surface area contributed by atoms with Crippen LogP contribution in [0, 0.1) is 104 Å². The van der Waals surface area contributed by atoms with Gasteiger partial charge in [-0.3, -0.25) is 0 Å². The Labute approximate surface area is 404 Å². The second-order valence-electron chi connectivity index (χ2n) is 18.9. The van der Waals surface area contributed by atoms with Gasteiger partial charge < -0.3 is 0 Å². The van der Waals surface area contributed by atoms with Gasteiger partial charge in [-0.25, -0.2) is 0 Å². The number of fused-ring (bicyclic) bond motifs is 3. The molecule has 0 aromatic heterocycles. The molecule has 24 radical (unpaired) electrons. The fourth-order valence-corrected chi connectivity index (χ4v) is 11.3. The molecule has 0 amide bonds. The summed E-state index contributed by atoms with van der Waals surface area (Å²) in [6.45, 7) is 30.4. The van der Waals surface area contributed by atoms with Crippen molar-refractivity contribution in [3.05, 3.63) is 83.5 Å². The summed E-state index contributed by atoms with van der Waals surface area (Å²) in [5.74, 6) is 0. The van der Waals surface area contributed by atoms with Gasteiger partial charge in [0.15, 0.2) is 0 Å². The van der Waals surface area contributed by atoms with E-state index in [-0.39, 0.29) is 0 Å². The minimum atomic E-state index is -1.07. The first-order chi connectivity index (χ1) is 29.8. The van der Waals surface area contributed by atoms with E-state index in [4.69, 9.17) is 85.2 Å². The Morgan fingerprint density at radius 1 is 0.344 bits per heavy atom. The van der Waals surface area contributed by atoms with E-state index in [9.17, 15) is 0 Å². The summed E-state index contributed by atoms with van der Waals surface area (Å²) in [7, 11) is 78.2. The molecular weight excluding hydrogens is 746 g/mol. The Morgan fingerprint density at radius 3 is 1.20 bits per heavy atom. The first kappa shape index (κ1) is 50.7. The molecule has 0 aliphatic heterocycles. The maximum atomic E-state index is 7.47. The minimum Gasteiger partial charge on any atom is -0.111 e. The predicted octanol–water partition coefficient (Wildman–Crippen LogP) is 1.74. The molecule has 0 fully saturated rings. The molecule has 0 saturated heterocycles. The van der Waals surface area contributed by atoms with Gasteiger partial charge in [0.2, 0.25) is 0 Å². The normalized spacial score (nSPS) is 11.4. The fraction of sp³-hybridized carbons (Fsp3) is 0.333.